The average Bonchev–Trinajstić information content (AvgIpc) is 2.23. The van der Waals surface area contributed by atoms with Gasteiger partial charge >= 0.3 is 5.97 Å². The van der Waals surface area contributed by atoms with E-state index in [1.165, 1.54) is 6.08 Å². The first-order chi connectivity index (χ1) is 7.44. The lowest BCUT2D eigenvalue weighted by Gasteiger charge is -2.29. The van der Waals surface area contributed by atoms with Crippen molar-refractivity contribution in [3.63, 3.8) is 0 Å². The van der Waals surface area contributed by atoms with Crippen LogP contribution in [0, 0.1) is 0 Å². The summed E-state index contributed by atoms with van der Waals surface area (Å²) in [4.78, 5) is 23.0. The van der Waals surface area contributed by atoms with Gasteiger partial charge in [0.25, 0.3) is 0 Å². The van der Waals surface area contributed by atoms with E-state index in [4.69, 9.17) is 5.11 Å². The van der Waals surface area contributed by atoms with E-state index in [1.807, 2.05) is 24.3 Å². The first-order valence-corrected chi connectivity index (χ1v) is 5.04. The van der Waals surface area contributed by atoms with Crippen molar-refractivity contribution in [3.05, 3.63) is 41.0 Å². The Morgan fingerprint density at radius 3 is 2.50 bits per heavy atom. The molecule has 0 amide bonds. The van der Waals surface area contributed by atoms with Crippen LogP contribution in [0.1, 0.15) is 25.0 Å². The molecule has 0 atom stereocenters. The Morgan fingerprint density at radius 1 is 1.25 bits per heavy atom. The maximum Gasteiger partial charge on any atom is 0.339 e. The molecule has 1 aromatic carbocycles. The minimum Gasteiger partial charge on any atom is -0.478 e. The molecule has 82 valence electrons. The Hall–Kier alpha value is -1.90. The number of benzene rings is 1. The second-order valence-corrected chi connectivity index (χ2v) is 4.40. The zero-order valence-corrected chi connectivity index (χ0v) is 9.15. The summed E-state index contributed by atoms with van der Waals surface area (Å²) in [7, 11) is 0. The normalized spacial score (nSPS) is 17.6. The van der Waals surface area contributed by atoms with Crippen molar-refractivity contribution in [2.75, 3.05) is 0 Å². The largest absolute Gasteiger partial charge is 0.478 e. The van der Waals surface area contributed by atoms with Gasteiger partial charge < -0.3 is 5.11 Å². The maximum absolute atomic E-state index is 12.0. The number of Topliss-reactive ketones (excluding diaryl/α,β-unsaturated/α-hetero) is 1. The van der Waals surface area contributed by atoms with Crippen LogP contribution in [0.25, 0.3) is 6.08 Å². The third-order valence-electron chi connectivity index (χ3n) is 2.98. The van der Waals surface area contributed by atoms with Crippen molar-refractivity contribution in [1.29, 1.82) is 0 Å². The van der Waals surface area contributed by atoms with Gasteiger partial charge in [0.05, 0.1) is 5.41 Å². The van der Waals surface area contributed by atoms with E-state index in [0.29, 0.717) is 0 Å². The molecule has 0 aliphatic heterocycles. The van der Waals surface area contributed by atoms with E-state index in [9.17, 15) is 9.59 Å². The summed E-state index contributed by atoms with van der Waals surface area (Å²) in [5.74, 6) is -1.49. The van der Waals surface area contributed by atoms with Gasteiger partial charge in [-0.2, -0.15) is 0 Å². The van der Waals surface area contributed by atoms with Gasteiger partial charge in [0, 0.05) is 0 Å². The Kier molecular flexibility index (Phi) is 2.19. The molecule has 16 heavy (non-hydrogen) atoms. The Labute approximate surface area is 93.4 Å². The molecule has 0 saturated heterocycles. The molecule has 1 N–H and O–H groups in total. The van der Waals surface area contributed by atoms with Crippen LogP contribution < -0.4 is 0 Å². The van der Waals surface area contributed by atoms with Crippen molar-refractivity contribution in [2.45, 2.75) is 19.3 Å². The van der Waals surface area contributed by atoms with E-state index in [1.54, 1.807) is 13.8 Å². The molecule has 0 saturated carbocycles. The lowest BCUT2D eigenvalue weighted by Crippen LogP contribution is -2.36. The van der Waals surface area contributed by atoms with Gasteiger partial charge in [-0.15, -0.1) is 0 Å². The Balaban J connectivity index is 2.71. The summed E-state index contributed by atoms with van der Waals surface area (Å²) in [6.45, 7) is 3.51. The van der Waals surface area contributed by atoms with E-state index < -0.39 is 11.4 Å². The van der Waals surface area contributed by atoms with E-state index in [-0.39, 0.29) is 11.4 Å². The highest BCUT2D eigenvalue weighted by atomic mass is 16.4. The van der Waals surface area contributed by atoms with Crippen LogP contribution in [0.2, 0.25) is 0 Å². The second-order valence-electron chi connectivity index (χ2n) is 4.40. The van der Waals surface area contributed by atoms with Crippen LogP contribution in [0.3, 0.4) is 0 Å². The summed E-state index contributed by atoms with van der Waals surface area (Å²) < 4.78 is 0. The van der Waals surface area contributed by atoms with Gasteiger partial charge in [-0.25, -0.2) is 4.79 Å². The van der Waals surface area contributed by atoms with Gasteiger partial charge in [0.2, 0.25) is 0 Å². The molecule has 0 unspecified atom stereocenters. The molecular weight excluding hydrogens is 204 g/mol. The fourth-order valence-electron chi connectivity index (χ4n) is 2.03. The minimum absolute atomic E-state index is 0.135. The molecule has 0 aromatic heterocycles. The van der Waals surface area contributed by atoms with Gasteiger partial charge in [0.15, 0.2) is 5.78 Å². The summed E-state index contributed by atoms with van der Waals surface area (Å²) in [5, 5.41) is 8.98. The number of carboxylic acids is 1. The standard InChI is InChI=1S/C13H12O3/c1-13(2)10-6-4-3-5-8(10)7-9(11(13)14)12(15)16/h3-7H,1-2H3,(H,15,16). The van der Waals surface area contributed by atoms with Crippen LogP contribution in [0.4, 0.5) is 0 Å². The fourth-order valence-corrected chi connectivity index (χ4v) is 2.03. The predicted molar refractivity (Wildman–Crippen MR) is 60.1 cm³/mol. The molecular formula is C13H12O3. The first kappa shape index (κ1) is 10.6. The third kappa shape index (κ3) is 1.36. The van der Waals surface area contributed by atoms with Crippen LogP contribution in [0.5, 0.6) is 0 Å². The molecule has 1 aromatic rings. The molecule has 0 radical (unpaired) electrons. The first-order valence-electron chi connectivity index (χ1n) is 5.04. The lowest BCUT2D eigenvalue weighted by molar-refractivity contribution is -0.135. The van der Waals surface area contributed by atoms with Crippen LogP contribution >= 0.6 is 0 Å². The number of fused-ring (bicyclic) bond motifs is 1. The zero-order valence-electron chi connectivity index (χ0n) is 9.15. The number of carbonyl (C=O) groups excluding carboxylic acids is 1. The third-order valence-corrected chi connectivity index (χ3v) is 2.98. The number of carboxylic acid groups (broad SMARTS) is 1. The molecule has 1 aliphatic carbocycles. The summed E-state index contributed by atoms with van der Waals surface area (Å²) in [5.41, 5.74) is 0.789. The second kappa shape index (κ2) is 3.30. The van der Waals surface area contributed by atoms with E-state index in [2.05, 4.69) is 0 Å². The zero-order chi connectivity index (χ0) is 11.9. The van der Waals surface area contributed by atoms with E-state index >= 15 is 0 Å². The lowest BCUT2D eigenvalue weighted by atomic mass is 9.72. The van der Waals surface area contributed by atoms with Crippen molar-refractivity contribution in [1.82, 2.24) is 0 Å². The number of aliphatic carboxylic acids is 1. The summed E-state index contributed by atoms with van der Waals surface area (Å²) in [6, 6.07) is 7.38. The van der Waals surface area contributed by atoms with Crippen LogP contribution in [-0.4, -0.2) is 16.9 Å². The molecule has 3 nitrogen and oxygen atoms in total. The highest BCUT2D eigenvalue weighted by Gasteiger charge is 2.39. The molecule has 1 aliphatic rings. The molecule has 2 rings (SSSR count). The summed E-state index contributed by atoms with van der Waals surface area (Å²) in [6.07, 6.45) is 1.45. The highest BCUT2D eigenvalue weighted by molar-refractivity contribution is 6.25. The average molecular weight is 216 g/mol. The van der Waals surface area contributed by atoms with Crippen LogP contribution in [-0.2, 0) is 15.0 Å². The van der Waals surface area contributed by atoms with Gasteiger partial charge in [-0.05, 0) is 31.1 Å². The fraction of sp³-hybridized carbons (Fsp3) is 0.231. The topological polar surface area (TPSA) is 54.4 Å². The van der Waals surface area contributed by atoms with Crippen molar-refractivity contribution in [3.8, 4) is 0 Å². The Bertz CT molecular complexity index is 510. The van der Waals surface area contributed by atoms with Crippen molar-refractivity contribution < 1.29 is 14.7 Å². The molecule has 0 heterocycles. The minimum atomic E-state index is -1.16. The van der Waals surface area contributed by atoms with Crippen molar-refractivity contribution >= 4 is 17.8 Å². The maximum atomic E-state index is 12.0. The molecule has 3 heteroatoms. The predicted octanol–water partition coefficient (Wildman–Crippen LogP) is 2.01. The van der Waals surface area contributed by atoms with Gasteiger partial charge in [-0.1, -0.05) is 24.3 Å². The number of rotatable bonds is 1. The monoisotopic (exact) mass is 216 g/mol. The number of hydrogen-bond acceptors (Lipinski definition) is 2. The summed E-state index contributed by atoms with van der Waals surface area (Å²) >= 11 is 0. The SMILES string of the molecule is CC1(C)C(=O)C(C(=O)O)=Cc2ccccc21. The smallest absolute Gasteiger partial charge is 0.339 e. The molecule has 0 spiro atoms. The molecule has 0 fully saturated rings. The quantitative estimate of drug-likeness (QED) is 0.730. The Morgan fingerprint density at radius 2 is 1.88 bits per heavy atom. The van der Waals surface area contributed by atoms with E-state index in [0.717, 1.165) is 11.1 Å². The van der Waals surface area contributed by atoms with Crippen LogP contribution in [0.15, 0.2) is 29.8 Å². The van der Waals surface area contributed by atoms with Gasteiger partial charge in [0.1, 0.15) is 5.57 Å². The van der Waals surface area contributed by atoms with Gasteiger partial charge in [-0.3, -0.25) is 4.79 Å². The number of carbonyl (C=O) groups is 2. The molecule has 0 bridgehead atoms. The number of ketones is 1. The number of hydrogen-bond donors (Lipinski definition) is 1. The highest BCUT2D eigenvalue weighted by Crippen LogP contribution is 2.35. The van der Waals surface area contributed by atoms with Crippen molar-refractivity contribution in [2.24, 2.45) is 0 Å².